The fourth-order valence-electron chi connectivity index (χ4n) is 4.90. The first-order chi connectivity index (χ1) is 21.6. The zero-order valence-corrected chi connectivity index (χ0v) is 28.5. The maximum atomic E-state index is 13.5. The number of thiazole rings is 1. The average Bonchev–Trinajstić information content (AvgIpc) is 3.51. The Bertz CT molecular complexity index is 1600. The molecule has 3 aromatic rings. The number of amides is 2. The highest BCUT2D eigenvalue weighted by atomic mass is 35.5. The largest absolute Gasteiger partial charge is 0.350 e. The number of aromatic nitrogens is 1. The van der Waals surface area contributed by atoms with Crippen molar-refractivity contribution in [1.82, 2.24) is 24.2 Å². The van der Waals surface area contributed by atoms with Gasteiger partial charge in [-0.15, -0.1) is 23.1 Å². The topological polar surface area (TPSA) is 124 Å². The predicted molar refractivity (Wildman–Crippen MR) is 181 cm³/mol. The van der Waals surface area contributed by atoms with E-state index < -0.39 is 39.9 Å². The number of nitrogens with zero attached hydrogens (tertiary/aromatic N) is 3. The standard InChI is InChI=1S/C29H34ClFN6O4S4/c1-36-26(28(39)34-20-5-8-24(31)23(30)15-20)16-25(35-45(36,40)41)27(38)32-17-22-18-33-29(44-22)19-3-6-21(7-4-19)43-12-2-9-37-10-13-42-14-11-37/h3-8,15,18,25-26,35H,2,9-14,16-17H2,1H3,(H,32,38)(H,34,39). The molecular weight excluding hydrogens is 679 g/mol. The van der Waals surface area contributed by atoms with Crippen LogP contribution in [-0.2, 0) is 26.3 Å². The monoisotopic (exact) mass is 712 g/mol. The first-order valence-corrected chi connectivity index (χ1v) is 19.1. The summed E-state index contributed by atoms with van der Waals surface area (Å²) in [6.45, 7) is 3.68. The molecule has 2 fully saturated rings. The Balaban J connectivity index is 1.11. The van der Waals surface area contributed by atoms with Crippen molar-refractivity contribution in [2.45, 2.75) is 36.4 Å². The molecule has 0 spiro atoms. The van der Waals surface area contributed by atoms with Gasteiger partial charge in [0.05, 0.1) is 11.6 Å². The number of nitrogens with one attached hydrogen (secondary N) is 3. The lowest BCUT2D eigenvalue weighted by atomic mass is 10.1. The van der Waals surface area contributed by atoms with Crippen LogP contribution in [0.1, 0.15) is 17.7 Å². The first-order valence-electron chi connectivity index (χ1n) is 14.4. The van der Waals surface area contributed by atoms with E-state index >= 15 is 0 Å². The molecule has 0 radical (unpaired) electrons. The molecule has 2 saturated heterocycles. The fraction of sp³-hybridized carbons (Fsp3) is 0.414. The van der Waals surface area contributed by atoms with E-state index in [-0.39, 0.29) is 23.7 Å². The number of anilines is 1. The zero-order valence-electron chi connectivity index (χ0n) is 24.5. The van der Waals surface area contributed by atoms with Gasteiger partial charge in [0, 0.05) is 58.9 Å². The van der Waals surface area contributed by atoms with Crippen LogP contribution in [0.25, 0.3) is 10.6 Å². The van der Waals surface area contributed by atoms with Crippen LogP contribution >= 0.6 is 46.5 Å². The van der Waals surface area contributed by atoms with Gasteiger partial charge in [-0.2, -0.15) is 29.2 Å². The van der Waals surface area contributed by atoms with Crippen molar-refractivity contribution >= 4 is 74.2 Å². The summed E-state index contributed by atoms with van der Waals surface area (Å²) in [5.74, 6) is 1.66. The van der Waals surface area contributed by atoms with E-state index in [2.05, 4.69) is 37.4 Å². The van der Waals surface area contributed by atoms with E-state index in [0.29, 0.717) is 0 Å². The number of carbonyl (C=O) groups is 2. The van der Waals surface area contributed by atoms with E-state index in [1.807, 2.05) is 35.7 Å². The third-order valence-electron chi connectivity index (χ3n) is 7.46. The second-order valence-corrected chi connectivity index (χ2v) is 16.3. The molecule has 5 rings (SSSR count). The van der Waals surface area contributed by atoms with E-state index in [1.165, 1.54) is 60.0 Å². The van der Waals surface area contributed by atoms with Gasteiger partial charge in [-0.1, -0.05) is 23.7 Å². The van der Waals surface area contributed by atoms with Gasteiger partial charge in [0.15, 0.2) is 0 Å². The predicted octanol–water partition coefficient (Wildman–Crippen LogP) is 4.30. The van der Waals surface area contributed by atoms with Gasteiger partial charge in [0.25, 0.3) is 10.2 Å². The van der Waals surface area contributed by atoms with Crippen molar-refractivity contribution in [2.24, 2.45) is 0 Å². The Morgan fingerprint density at radius 1 is 1.16 bits per heavy atom. The van der Waals surface area contributed by atoms with E-state index in [0.717, 1.165) is 44.5 Å². The number of halogens is 2. The molecule has 0 aliphatic carbocycles. The van der Waals surface area contributed by atoms with E-state index in [9.17, 15) is 22.4 Å². The molecule has 2 atom stereocenters. The van der Waals surface area contributed by atoms with E-state index in [1.54, 1.807) is 6.20 Å². The molecular formula is C29H34ClFN6O4S4. The van der Waals surface area contributed by atoms with Gasteiger partial charge >= 0.3 is 0 Å². The molecule has 10 nitrogen and oxygen atoms in total. The molecule has 1 aromatic heterocycles. The van der Waals surface area contributed by atoms with Crippen molar-refractivity contribution in [3.8, 4) is 10.6 Å². The molecule has 2 aliphatic heterocycles. The van der Waals surface area contributed by atoms with Gasteiger partial charge in [0.1, 0.15) is 22.9 Å². The van der Waals surface area contributed by atoms with Gasteiger partial charge in [-0.05, 0) is 55.5 Å². The number of hydrogen-bond donors (Lipinski definition) is 3. The van der Waals surface area contributed by atoms with Crippen LogP contribution in [0.2, 0.25) is 5.02 Å². The van der Waals surface area contributed by atoms with Crippen molar-refractivity contribution in [3.05, 3.63) is 64.4 Å². The SMILES string of the molecule is CN1C(C(=O)Nc2ccc(F)c(Cl)c2)CC(C(=O)NCc2cnc(-c3ccc(SCCCN4CCSCC4)cc3)s2)NS1(=O)=O. The number of hydrogen-bond acceptors (Lipinski definition) is 9. The Hall–Kier alpha value is -2.24. The lowest BCUT2D eigenvalue weighted by Gasteiger charge is -2.35. The van der Waals surface area contributed by atoms with Gasteiger partial charge in [-0.25, -0.2) is 9.37 Å². The maximum absolute atomic E-state index is 13.5. The molecule has 0 bridgehead atoms. The summed E-state index contributed by atoms with van der Waals surface area (Å²) in [7, 11) is -2.88. The number of thioether (sulfide) groups is 2. The minimum absolute atomic E-state index is 0.113. The number of rotatable bonds is 11. The Morgan fingerprint density at radius 3 is 2.64 bits per heavy atom. The van der Waals surface area contributed by atoms with Crippen LogP contribution in [0.4, 0.5) is 10.1 Å². The summed E-state index contributed by atoms with van der Waals surface area (Å²) in [4.78, 5) is 35.0. The minimum atomic E-state index is -4.13. The third-order valence-corrected chi connectivity index (χ3v) is 12.4. The van der Waals surface area contributed by atoms with Crippen molar-refractivity contribution in [3.63, 3.8) is 0 Å². The smallest absolute Gasteiger partial charge is 0.280 e. The molecule has 0 saturated carbocycles. The number of benzene rings is 2. The van der Waals surface area contributed by atoms with Crippen molar-refractivity contribution in [1.29, 1.82) is 0 Å². The first kappa shape index (κ1) is 34.1. The van der Waals surface area contributed by atoms with Crippen molar-refractivity contribution in [2.75, 3.05) is 49.3 Å². The van der Waals surface area contributed by atoms with Gasteiger partial charge < -0.3 is 15.5 Å². The molecule has 16 heteroatoms. The van der Waals surface area contributed by atoms with Crippen LogP contribution in [-0.4, -0.2) is 90.4 Å². The van der Waals surface area contributed by atoms with Crippen molar-refractivity contribution < 1.29 is 22.4 Å². The Kier molecular flexibility index (Phi) is 11.8. The number of carbonyl (C=O) groups excluding carboxylic acids is 2. The molecule has 3 N–H and O–H groups in total. The van der Waals surface area contributed by atoms with Crippen LogP contribution in [0.15, 0.2) is 53.6 Å². The maximum Gasteiger partial charge on any atom is 0.280 e. The second kappa shape index (κ2) is 15.6. The highest BCUT2D eigenvalue weighted by Crippen LogP contribution is 2.28. The lowest BCUT2D eigenvalue weighted by molar-refractivity contribution is -0.124. The zero-order chi connectivity index (χ0) is 32.0. The summed E-state index contributed by atoms with van der Waals surface area (Å²) in [5.41, 5.74) is 1.18. The van der Waals surface area contributed by atoms with E-state index in [4.69, 9.17) is 11.6 Å². The summed E-state index contributed by atoms with van der Waals surface area (Å²) in [6.07, 6.45) is 2.74. The molecule has 45 heavy (non-hydrogen) atoms. The van der Waals surface area contributed by atoms with Gasteiger partial charge in [-0.3, -0.25) is 9.59 Å². The summed E-state index contributed by atoms with van der Waals surface area (Å²) in [6, 6.07) is 9.57. The summed E-state index contributed by atoms with van der Waals surface area (Å²) in [5, 5.41) is 5.93. The Labute approximate surface area is 280 Å². The average molecular weight is 713 g/mol. The molecule has 2 unspecified atom stereocenters. The molecule has 3 heterocycles. The molecule has 242 valence electrons. The highest BCUT2D eigenvalue weighted by molar-refractivity contribution is 7.99. The lowest BCUT2D eigenvalue weighted by Crippen LogP contribution is -2.62. The third kappa shape index (κ3) is 9.19. The molecule has 2 aliphatic rings. The quantitative estimate of drug-likeness (QED) is 0.199. The minimum Gasteiger partial charge on any atom is -0.350 e. The van der Waals surface area contributed by atoms with Crippen LogP contribution in [0, 0.1) is 5.82 Å². The number of likely N-dealkylation sites (N-methyl/N-ethyl adjacent to an activating group) is 1. The summed E-state index contributed by atoms with van der Waals surface area (Å²) < 4.78 is 42.2. The fourth-order valence-corrected chi connectivity index (χ4v) is 9.00. The Morgan fingerprint density at radius 2 is 1.91 bits per heavy atom. The normalized spacial score (nSPS) is 20.5. The van der Waals surface area contributed by atoms with Crippen LogP contribution in [0.3, 0.4) is 0 Å². The van der Waals surface area contributed by atoms with Crippen LogP contribution in [0.5, 0.6) is 0 Å². The summed E-state index contributed by atoms with van der Waals surface area (Å²) >= 11 is 11.1. The van der Waals surface area contributed by atoms with Gasteiger partial charge in [0.2, 0.25) is 11.8 Å². The second-order valence-electron chi connectivity index (χ2n) is 10.6. The molecule has 2 aromatic carbocycles. The highest BCUT2D eigenvalue weighted by Gasteiger charge is 2.42. The van der Waals surface area contributed by atoms with Crippen LogP contribution < -0.4 is 15.4 Å². The molecule has 2 amide bonds.